The van der Waals surface area contributed by atoms with Gasteiger partial charge in [0.1, 0.15) is 5.75 Å². The van der Waals surface area contributed by atoms with Gasteiger partial charge in [0, 0.05) is 28.9 Å². The normalized spacial score (nSPS) is 24.4. The van der Waals surface area contributed by atoms with Crippen LogP contribution in [-0.2, 0) is 0 Å². The lowest BCUT2D eigenvalue weighted by Gasteiger charge is -2.25. The van der Waals surface area contributed by atoms with Gasteiger partial charge in [0.2, 0.25) is 0 Å². The molecule has 0 saturated carbocycles. The third-order valence-electron chi connectivity index (χ3n) is 3.48. The summed E-state index contributed by atoms with van der Waals surface area (Å²) in [6.07, 6.45) is 0.851. The fraction of sp³-hybridized carbons (Fsp3) is 0.571. The molecule has 0 unspecified atom stereocenters. The third-order valence-corrected chi connectivity index (χ3v) is 4.95. The van der Waals surface area contributed by atoms with Crippen molar-refractivity contribution in [3.8, 4) is 5.75 Å². The second-order valence-electron chi connectivity index (χ2n) is 5.02. The second kappa shape index (κ2) is 6.35. The van der Waals surface area contributed by atoms with Gasteiger partial charge in [-0.25, -0.2) is 0 Å². The lowest BCUT2D eigenvalue weighted by atomic mass is 10.0. The van der Waals surface area contributed by atoms with Crippen molar-refractivity contribution in [2.75, 3.05) is 25.2 Å². The third kappa shape index (κ3) is 3.78. The summed E-state index contributed by atoms with van der Waals surface area (Å²) < 4.78 is 5.35. The average Bonchev–Trinajstić information content (AvgIpc) is 2.83. The first-order chi connectivity index (χ1) is 9.04. The van der Waals surface area contributed by atoms with Gasteiger partial charge in [-0.15, -0.1) is 0 Å². The van der Waals surface area contributed by atoms with Crippen LogP contribution in [0, 0.1) is 0 Å². The molecule has 3 nitrogen and oxygen atoms in total. The van der Waals surface area contributed by atoms with Crippen LogP contribution in [0.3, 0.4) is 0 Å². The fourth-order valence-electron chi connectivity index (χ4n) is 2.23. The van der Waals surface area contributed by atoms with Gasteiger partial charge in [-0.05, 0) is 37.3 Å². The molecule has 1 aromatic carbocycles. The van der Waals surface area contributed by atoms with Gasteiger partial charge in [0.25, 0.3) is 0 Å². The molecule has 1 heterocycles. The zero-order valence-corrected chi connectivity index (χ0v) is 12.9. The number of methoxy groups -OCH3 is 1. The largest absolute Gasteiger partial charge is 0.496 e. The lowest BCUT2D eigenvalue weighted by Crippen LogP contribution is -2.41. The first-order valence-electron chi connectivity index (χ1n) is 6.41. The minimum atomic E-state index is -0.579. The van der Waals surface area contributed by atoms with Crippen molar-refractivity contribution in [1.82, 2.24) is 5.32 Å². The van der Waals surface area contributed by atoms with Crippen LogP contribution in [0.4, 0.5) is 0 Å². The van der Waals surface area contributed by atoms with Crippen LogP contribution in [0.2, 0.25) is 5.02 Å². The summed E-state index contributed by atoms with van der Waals surface area (Å²) in [5, 5.41) is 14.4. The quantitative estimate of drug-likeness (QED) is 0.877. The number of aliphatic hydroxyl groups is 1. The van der Waals surface area contributed by atoms with Gasteiger partial charge >= 0.3 is 0 Å². The zero-order chi connectivity index (χ0) is 13.9. The molecule has 19 heavy (non-hydrogen) atoms. The van der Waals surface area contributed by atoms with Crippen molar-refractivity contribution in [3.63, 3.8) is 0 Å². The molecule has 106 valence electrons. The Bertz CT molecular complexity index is 435. The molecular weight excluding hydrogens is 282 g/mol. The molecule has 5 heteroatoms. The van der Waals surface area contributed by atoms with Gasteiger partial charge in [0.05, 0.1) is 12.7 Å². The molecule has 0 radical (unpaired) electrons. The number of nitrogens with one attached hydrogen (secondary N) is 1. The van der Waals surface area contributed by atoms with Crippen molar-refractivity contribution in [2.24, 2.45) is 0 Å². The molecule has 2 rings (SSSR count). The van der Waals surface area contributed by atoms with Gasteiger partial charge < -0.3 is 15.2 Å². The van der Waals surface area contributed by atoms with Crippen molar-refractivity contribution < 1.29 is 9.84 Å². The van der Waals surface area contributed by atoms with Crippen LogP contribution in [0.5, 0.6) is 5.75 Å². The first-order valence-corrected chi connectivity index (χ1v) is 7.94. The predicted molar refractivity (Wildman–Crippen MR) is 81.3 cm³/mol. The number of rotatable bonds is 5. The van der Waals surface area contributed by atoms with E-state index in [9.17, 15) is 5.11 Å². The molecule has 1 fully saturated rings. The smallest absolute Gasteiger partial charge is 0.123 e. The summed E-state index contributed by atoms with van der Waals surface area (Å²) in [5.74, 6) is 2.66. The van der Waals surface area contributed by atoms with E-state index in [0.717, 1.165) is 29.2 Å². The number of thioether (sulfide) groups is 1. The Morgan fingerprint density at radius 2 is 2.37 bits per heavy atom. The van der Waals surface area contributed by atoms with Crippen LogP contribution in [0.25, 0.3) is 0 Å². The maximum Gasteiger partial charge on any atom is 0.123 e. The SMILES string of the molecule is COc1ccc(Cl)cc1[C@@H](C)NC[C@]1(O)CCSC1. The van der Waals surface area contributed by atoms with E-state index in [-0.39, 0.29) is 6.04 Å². The summed E-state index contributed by atoms with van der Waals surface area (Å²) in [7, 11) is 1.65. The van der Waals surface area contributed by atoms with Gasteiger partial charge in [-0.1, -0.05) is 11.6 Å². The highest BCUT2D eigenvalue weighted by molar-refractivity contribution is 7.99. The number of hydrogen-bond acceptors (Lipinski definition) is 4. The van der Waals surface area contributed by atoms with Crippen LogP contribution in [0.1, 0.15) is 24.9 Å². The Morgan fingerprint density at radius 3 is 3.00 bits per heavy atom. The van der Waals surface area contributed by atoms with Crippen LogP contribution in [-0.4, -0.2) is 35.9 Å². The van der Waals surface area contributed by atoms with Crippen molar-refractivity contribution >= 4 is 23.4 Å². The number of hydrogen-bond donors (Lipinski definition) is 2. The maximum atomic E-state index is 10.3. The van der Waals surface area contributed by atoms with Crippen LogP contribution in [0.15, 0.2) is 18.2 Å². The zero-order valence-electron chi connectivity index (χ0n) is 11.3. The Morgan fingerprint density at radius 1 is 1.58 bits per heavy atom. The maximum absolute atomic E-state index is 10.3. The Labute approximate surface area is 123 Å². The van der Waals surface area contributed by atoms with E-state index in [1.807, 2.05) is 18.2 Å². The molecule has 1 aromatic rings. The molecule has 1 saturated heterocycles. The molecule has 1 aliphatic heterocycles. The standard InChI is InChI=1S/C14H20ClNO2S/c1-10(16-8-14(17)5-6-19-9-14)12-7-11(15)3-4-13(12)18-2/h3-4,7,10,16-17H,5-6,8-9H2,1-2H3/t10-,14-/m1/s1. The van der Waals surface area contributed by atoms with E-state index in [2.05, 4.69) is 12.2 Å². The van der Waals surface area contributed by atoms with E-state index in [1.165, 1.54) is 0 Å². The summed E-state index contributed by atoms with van der Waals surface area (Å²) in [5.41, 5.74) is 0.439. The van der Waals surface area contributed by atoms with E-state index >= 15 is 0 Å². The Kier molecular flexibility index (Phi) is 5.01. The highest BCUT2D eigenvalue weighted by Crippen LogP contribution is 2.30. The van der Waals surface area contributed by atoms with Crippen molar-refractivity contribution in [1.29, 1.82) is 0 Å². The molecule has 0 spiro atoms. The monoisotopic (exact) mass is 301 g/mol. The minimum absolute atomic E-state index is 0.0864. The summed E-state index contributed by atoms with van der Waals surface area (Å²) in [6.45, 7) is 2.65. The summed E-state index contributed by atoms with van der Waals surface area (Å²) in [6, 6.07) is 5.68. The number of ether oxygens (including phenoxy) is 1. The average molecular weight is 302 g/mol. The van der Waals surface area contributed by atoms with Crippen LogP contribution < -0.4 is 10.1 Å². The molecule has 2 N–H and O–H groups in total. The van der Waals surface area contributed by atoms with Gasteiger partial charge in [0.15, 0.2) is 0 Å². The lowest BCUT2D eigenvalue weighted by molar-refractivity contribution is 0.0650. The summed E-state index contributed by atoms with van der Waals surface area (Å²) in [4.78, 5) is 0. The van der Waals surface area contributed by atoms with E-state index in [1.54, 1.807) is 18.9 Å². The molecule has 0 aliphatic carbocycles. The summed E-state index contributed by atoms with van der Waals surface area (Å²) >= 11 is 7.84. The molecule has 0 amide bonds. The highest BCUT2D eigenvalue weighted by Gasteiger charge is 2.31. The van der Waals surface area contributed by atoms with Crippen molar-refractivity contribution in [2.45, 2.75) is 25.0 Å². The predicted octanol–water partition coefficient (Wildman–Crippen LogP) is 2.87. The van der Waals surface area contributed by atoms with Crippen LogP contribution >= 0.6 is 23.4 Å². The highest BCUT2D eigenvalue weighted by atomic mass is 35.5. The Hall–Kier alpha value is -0.420. The molecule has 0 bridgehead atoms. The number of halogens is 1. The topological polar surface area (TPSA) is 41.5 Å². The molecular formula is C14H20ClNO2S. The number of benzene rings is 1. The van der Waals surface area contributed by atoms with E-state index in [0.29, 0.717) is 11.6 Å². The van der Waals surface area contributed by atoms with Crippen molar-refractivity contribution in [3.05, 3.63) is 28.8 Å². The molecule has 1 aliphatic rings. The van der Waals surface area contributed by atoms with E-state index in [4.69, 9.17) is 16.3 Å². The molecule has 2 atom stereocenters. The Balaban J connectivity index is 2.03. The van der Waals surface area contributed by atoms with E-state index < -0.39 is 5.60 Å². The van der Waals surface area contributed by atoms with Gasteiger partial charge in [-0.2, -0.15) is 11.8 Å². The second-order valence-corrected chi connectivity index (χ2v) is 6.56. The fourth-order valence-corrected chi connectivity index (χ4v) is 3.71. The van der Waals surface area contributed by atoms with Gasteiger partial charge in [-0.3, -0.25) is 0 Å². The minimum Gasteiger partial charge on any atom is -0.496 e. The first kappa shape index (κ1) is 15.0. The molecule has 0 aromatic heterocycles.